The maximum Gasteiger partial charge on any atom is 0.256 e. The Morgan fingerprint density at radius 1 is 1.04 bits per heavy atom. The summed E-state index contributed by atoms with van der Waals surface area (Å²) in [6.07, 6.45) is 10.7. The summed E-state index contributed by atoms with van der Waals surface area (Å²) in [7, 11) is 1.77. The van der Waals surface area contributed by atoms with Crippen LogP contribution in [0.4, 0.5) is 4.39 Å². The normalized spacial score (nSPS) is 27.1. The number of carbonyl (C=O) groups excluding carboxylic acids is 2. The van der Waals surface area contributed by atoms with E-state index in [-0.39, 0.29) is 17.9 Å². The molecule has 2 aromatic heterocycles. The van der Waals surface area contributed by atoms with Crippen LogP contribution in [-0.2, 0) is 11.2 Å². The first-order valence-corrected chi connectivity index (χ1v) is 17.7. The largest absolute Gasteiger partial charge is 0.342 e. The number of carbonyl (C=O) groups is 2. The number of hydrogen-bond acceptors (Lipinski definition) is 5. The highest BCUT2D eigenvalue weighted by Gasteiger charge is 2.47. The summed E-state index contributed by atoms with van der Waals surface area (Å²) in [5, 5.41) is 1.19. The number of amides is 2. The molecule has 3 saturated heterocycles. The first kappa shape index (κ1) is 32.3. The van der Waals surface area contributed by atoms with Gasteiger partial charge >= 0.3 is 0 Å². The lowest BCUT2D eigenvalue weighted by Crippen LogP contribution is -2.51. The molecular weight excluding hydrogens is 591 g/mol. The van der Waals surface area contributed by atoms with E-state index < -0.39 is 5.82 Å². The number of likely N-dealkylation sites (tertiary alicyclic amines) is 3. The number of aromatic nitrogens is 2. The highest BCUT2D eigenvalue weighted by Crippen LogP contribution is 2.42. The monoisotopic (exact) mass is 642 g/mol. The molecule has 3 aliphatic heterocycles. The molecule has 2 amide bonds. The number of fused-ring (bicyclic) bond motifs is 2. The predicted molar refractivity (Wildman–Crippen MR) is 183 cm³/mol. The van der Waals surface area contributed by atoms with Gasteiger partial charge in [-0.3, -0.25) is 19.5 Å². The van der Waals surface area contributed by atoms with Gasteiger partial charge in [0.15, 0.2) is 0 Å². The van der Waals surface area contributed by atoms with Gasteiger partial charge in [0.2, 0.25) is 5.91 Å². The van der Waals surface area contributed by atoms with Crippen molar-refractivity contribution in [1.82, 2.24) is 29.2 Å². The lowest BCUT2D eigenvalue weighted by atomic mass is 9.75. The van der Waals surface area contributed by atoms with Gasteiger partial charge in [-0.1, -0.05) is 0 Å². The third kappa shape index (κ3) is 5.99. The molecule has 4 fully saturated rings. The summed E-state index contributed by atoms with van der Waals surface area (Å²) in [6.45, 7) is 16.6. The van der Waals surface area contributed by atoms with E-state index >= 15 is 0 Å². The Bertz CT molecular complexity index is 1650. The number of nitrogens with zero attached hydrogens (tertiary/aromatic N) is 6. The number of benzene rings is 1. The highest BCUT2D eigenvalue weighted by molar-refractivity contribution is 5.99. The van der Waals surface area contributed by atoms with Crippen molar-refractivity contribution in [3.8, 4) is 5.69 Å². The molecular formula is C38H51FN6O2. The Labute approximate surface area is 278 Å². The Kier molecular flexibility index (Phi) is 8.66. The number of aryl methyl sites for hydroxylation is 1. The van der Waals surface area contributed by atoms with Gasteiger partial charge < -0.3 is 19.3 Å². The summed E-state index contributed by atoms with van der Waals surface area (Å²) in [6, 6.07) is 5.83. The fourth-order valence-electron chi connectivity index (χ4n) is 9.02. The first-order chi connectivity index (χ1) is 22.5. The highest BCUT2D eigenvalue weighted by atomic mass is 19.1. The minimum absolute atomic E-state index is 0.00182. The Balaban J connectivity index is 1.02. The molecule has 2 unspecified atom stereocenters. The summed E-state index contributed by atoms with van der Waals surface area (Å²) in [5.41, 5.74) is 4.39. The van der Waals surface area contributed by atoms with Crippen LogP contribution >= 0.6 is 0 Å². The van der Waals surface area contributed by atoms with Gasteiger partial charge in [-0.05, 0) is 113 Å². The second kappa shape index (κ2) is 12.6. The fraction of sp³-hybridized carbons (Fsp3) is 0.605. The maximum atomic E-state index is 14.5. The smallest absolute Gasteiger partial charge is 0.256 e. The summed E-state index contributed by atoms with van der Waals surface area (Å²) < 4.78 is 16.6. The van der Waals surface area contributed by atoms with Crippen LogP contribution in [0.25, 0.3) is 16.6 Å². The van der Waals surface area contributed by atoms with E-state index in [4.69, 9.17) is 0 Å². The lowest BCUT2D eigenvalue weighted by molar-refractivity contribution is -0.128. The molecule has 1 saturated carbocycles. The molecule has 47 heavy (non-hydrogen) atoms. The molecule has 0 bridgehead atoms. The number of halogens is 1. The fourth-order valence-corrected chi connectivity index (χ4v) is 9.02. The van der Waals surface area contributed by atoms with Crippen molar-refractivity contribution in [2.45, 2.75) is 78.4 Å². The molecule has 1 aromatic carbocycles. The molecule has 8 nitrogen and oxygen atoms in total. The molecule has 0 N–H and O–H groups in total. The van der Waals surface area contributed by atoms with Gasteiger partial charge in [0.25, 0.3) is 5.91 Å². The molecule has 4 aliphatic rings. The third-order valence-electron chi connectivity index (χ3n) is 12.2. The minimum Gasteiger partial charge on any atom is -0.342 e. The molecule has 9 heteroatoms. The summed E-state index contributed by atoms with van der Waals surface area (Å²) in [5.74, 6) is 2.26. The van der Waals surface area contributed by atoms with Crippen LogP contribution in [0, 0.1) is 36.4 Å². The van der Waals surface area contributed by atoms with E-state index in [1.807, 2.05) is 31.1 Å². The van der Waals surface area contributed by atoms with E-state index in [2.05, 4.69) is 39.4 Å². The average Bonchev–Trinajstić information content (AvgIpc) is 3.79. The van der Waals surface area contributed by atoms with Crippen LogP contribution in [0.5, 0.6) is 0 Å². The topological polar surface area (TPSA) is 64.9 Å². The van der Waals surface area contributed by atoms with Crippen LogP contribution in [0.1, 0.15) is 68.4 Å². The number of rotatable bonds is 8. The van der Waals surface area contributed by atoms with E-state index in [1.165, 1.54) is 42.3 Å². The zero-order valence-electron chi connectivity index (χ0n) is 29.0. The quantitative estimate of drug-likeness (QED) is 0.330. The Morgan fingerprint density at radius 2 is 1.77 bits per heavy atom. The Morgan fingerprint density at radius 3 is 2.45 bits per heavy atom. The summed E-state index contributed by atoms with van der Waals surface area (Å²) in [4.78, 5) is 39.0. The van der Waals surface area contributed by atoms with Crippen molar-refractivity contribution in [2.75, 3.05) is 46.3 Å². The maximum absolute atomic E-state index is 14.5. The standard InChI is InChI=1S/C38H51FN6O2/c1-23(2)41(6)38(47)34-14-32(39)7-8-35(34)45-22-29(37-24(3)15-40-16-36(37)45)11-27-9-10-42(17-27)25(4)28-12-33(13-28)44-20-30-18-43(26(5)46)19-31(30)21-44/h7-8,14-16,22-23,25,27-28,30-31,33H,9-13,17-21H2,1-6H3/t25?,27-,28?,30+,31?,33?/m0/s1. The van der Waals surface area contributed by atoms with Crippen molar-refractivity contribution < 1.29 is 14.0 Å². The zero-order chi connectivity index (χ0) is 33.1. The number of hydrogen-bond donors (Lipinski definition) is 0. The van der Waals surface area contributed by atoms with Crippen molar-refractivity contribution in [1.29, 1.82) is 0 Å². The van der Waals surface area contributed by atoms with E-state index in [0.717, 1.165) is 62.7 Å². The second-order valence-electron chi connectivity index (χ2n) is 15.4. The van der Waals surface area contributed by atoms with Gasteiger partial charge in [0, 0.05) is 82.6 Å². The Hall–Kier alpha value is -3.30. The second-order valence-corrected chi connectivity index (χ2v) is 15.4. The molecule has 0 spiro atoms. The third-order valence-corrected chi connectivity index (χ3v) is 12.2. The van der Waals surface area contributed by atoms with Crippen molar-refractivity contribution in [2.24, 2.45) is 23.7 Å². The molecule has 5 heterocycles. The molecule has 252 valence electrons. The average molecular weight is 643 g/mol. The molecule has 4 atom stereocenters. The van der Waals surface area contributed by atoms with Crippen molar-refractivity contribution in [3.05, 3.63) is 59.3 Å². The molecule has 3 aromatic rings. The van der Waals surface area contributed by atoms with Crippen LogP contribution in [0.3, 0.4) is 0 Å². The SMILES string of the molecule is CC(=O)N1CC2CN(C3CC(C(C)N4CC[C@@H](Cc5cn(-c6ccc(F)cc6C(=O)N(C)C(C)C)c6cncc(C)c56)C4)C3)C[C@H]2C1. The predicted octanol–water partition coefficient (Wildman–Crippen LogP) is 5.40. The van der Waals surface area contributed by atoms with Crippen LogP contribution < -0.4 is 0 Å². The minimum atomic E-state index is -0.415. The molecule has 1 aliphatic carbocycles. The van der Waals surface area contributed by atoms with Crippen LogP contribution in [-0.4, -0.2) is 105 Å². The van der Waals surface area contributed by atoms with Crippen molar-refractivity contribution >= 4 is 22.7 Å². The zero-order valence-corrected chi connectivity index (χ0v) is 29.0. The van der Waals surface area contributed by atoms with E-state index in [0.29, 0.717) is 41.1 Å². The van der Waals surface area contributed by atoms with Crippen molar-refractivity contribution in [3.63, 3.8) is 0 Å². The van der Waals surface area contributed by atoms with E-state index in [9.17, 15) is 14.0 Å². The summed E-state index contributed by atoms with van der Waals surface area (Å²) >= 11 is 0. The lowest BCUT2D eigenvalue weighted by Gasteiger charge is -2.46. The van der Waals surface area contributed by atoms with Crippen LogP contribution in [0.2, 0.25) is 0 Å². The van der Waals surface area contributed by atoms with Gasteiger partial charge in [0.05, 0.1) is 23.0 Å². The van der Waals surface area contributed by atoms with Crippen LogP contribution in [0.15, 0.2) is 36.8 Å². The van der Waals surface area contributed by atoms with E-state index in [1.54, 1.807) is 24.9 Å². The number of pyridine rings is 1. The van der Waals surface area contributed by atoms with Gasteiger partial charge in [0.1, 0.15) is 5.82 Å². The van der Waals surface area contributed by atoms with Gasteiger partial charge in [-0.2, -0.15) is 0 Å². The molecule has 7 rings (SSSR count). The van der Waals surface area contributed by atoms with Gasteiger partial charge in [-0.25, -0.2) is 4.39 Å². The molecule has 0 radical (unpaired) electrons. The first-order valence-electron chi connectivity index (χ1n) is 17.7. The van der Waals surface area contributed by atoms with Gasteiger partial charge in [-0.15, -0.1) is 0 Å².